The van der Waals surface area contributed by atoms with Crippen molar-refractivity contribution in [3.8, 4) is 10.6 Å². The van der Waals surface area contributed by atoms with Crippen molar-refractivity contribution in [3.63, 3.8) is 0 Å². The number of nitrogens with zero attached hydrogens (tertiary/aromatic N) is 2. The molecule has 1 aromatic heterocycles. The van der Waals surface area contributed by atoms with Gasteiger partial charge in [0.05, 0.1) is 5.69 Å². The largest absolute Gasteiger partial charge is 0.333 e. The number of piperidine rings is 1. The number of aryl methyl sites for hydroxylation is 1. The zero-order chi connectivity index (χ0) is 16.4. The molecule has 1 saturated heterocycles. The van der Waals surface area contributed by atoms with E-state index in [9.17, 15) is 4.79 Å². The van der Waals surface area contributed by atoms with Crippen LogP contribution in [0.25, 0.3) is 10.6 Å². The zero-order valence-corrected chi connectivity index (χ0v) is 14.5. The highest BCUT2D eigenvalue weighted by Crippen LogP contribution is 2.30. The van der Waals surface area contributed by atoms with E-state index in [-0.39, 0.29) is 18.0 Å². The summed E-state index contributed by atoms with van der Waals surface area (Å²) in [5.74, 6) is 0.0872. The van der Waals surface area contributed by atoms with Crippen LogP contribution in [-0.2, 0) is 0 Å². The Labute approximate surface area is 141 Å². The Morgan fingerprint density at radius 2 is 2.09 bits per heavy atom. The Morgan fingerprint density at radius 3 is 2.78 bits per heavy atom. The van der Waals surface area contributed by atoms with Gasteiger partial charge >= 0.3 is 0 Å². The van der Waals surface area contributed by atoms with Crippen LogP contribution in [0.15, 0.2) is 30.3 Å². The second-order valence-electron chi connectivity index (χ2n) is 6.22. The third-order valence-electron chi connectivity index (χ3n) is 4.43. The van der Waals surface area contributed by atoms with Gasteiger partial charge in [-0.1, -0.05) is 30.3 Å². The first kappa shape index (κ1) is 16.1. The highest BCUT2D eigenvalue weighted by atomic mass is 32.1. The van der Waals surface area contributed by atoms with Gasteiger partial charge in [0.2, 0.25) is 0 Å². The standard InChI is InChI=1S/C18H23N3OS/c1-12(19)15-10-6-7-11-21(15)18(22)16-13(2)20-17(23-16)14-8-4-3-5-9-14/h3-5,8-9,12,15H,6-7,10-11,19H2,1-2H3. The zero-order valence-electron chi connectivity index (χ0n) is 13.7. The number of hydrogen-bond acceptors (Lipinski definition) is 4. The molecule has 4 nitrogen and oxygen atoms in total. The molecule has 122 valence electrons. The minimum Gasteiger partial charge on any atom is -0.333 e. The molecule has 1 fully saturated rings. The van der Waals surface area contributed by atoms with Crippen molar-refractivity contribution < 1.29 is 4.79 Å². The number of hydrogen-bond donors (Lipinski definition) is 1. The van der Waals surface area contributed by atoms with Crippen molar-refractivity contribution in [2.45, 2.75) is 45.2 Å². The number of amides is 1. The van der Waals surface area contributed by atoms with Gasteiger partial charge in [-0.05, 0) is 33.1 Å². The van der Waals surface area contributed by atoms with Gasteiger partial charge in [0.15, 0.2) is 0 Å². The fourth-order valence-electron chi connectivity index (χ4n) is 3.19. The topological polar surface area (TPSA) is 59.2 Å². The van der Waals surface area contributed by atoms with Crippen LogP contribution in [0.1, 0.15) is 41.6 Å². The van der Waals surface area contributed by atoms with E-state index in [1.54, 1.807) is 0 Å². The van der Waals surface area contributed by atoms with Gasteiger partial charge in [-0.2, -0.15) is 0 Å². The molecule has 1 aliphatic heterocycles. The second kappa shape index (κ2) is 6.81. The number of rotatable bonds is 3. The minimum absolute atomic E-state index is 0.000992. The lowest BCUT2D eigenvalue weighted by Gasteiger charge is -2.37. The smallest absolute Gasteiger partial charge is 0.266 e. The summed E-state index contributed by atoms with van der Waals surface area (Å²) in [6.45, 7) is 4.70. The van der Waals surface area contributed by atoms with E-state index in [1.165, 1.54) is 11.3 Å². The maximum Gasteiger partial charge on any atom is 0.266 e. The molecule has 1 amide bonds. The molecule has 1 aliphatic rings. The van der Waals surface area contributed by atoms with Gasteiger partial charge in [-0.25, -0.2) is 4.98 Å². The number of thiazole rings is 1. The molecule has 2 heterocycles. The van der Waals surface area contributed by atoms with Crippen molar-refractivity contribution in [1.29, 1.82) is 0 Å². The van der Waals surface area contributed by atoms with Crippen molar-refractivity contribution in [2.24, 2.45) is 5.73 Å². The number of aromatic nitrogens is 1. The van der Waals surface area contributed by atoms with Crippen LogP contribution in [0.3, 0.4) is 0 Å². The van der Waals surface area contributed by atoms with Crippen LogP contribution < -0.4 is 5.73 Å². The summed E-state index contributed by atoms with van der Waals surface area (Å²) in [5.41, 5.74) is 7.97. The minimum atomic E-state index is 0.000992. The highest BCUT2D eigenvalue weighted by molar-refractivity contribution is 7.17. The summed E-state index contributed by atoms with van der Waals surface area (Å²) < 4.78 is 0. The number of nitrogens with two attached hydrogens (primary N) is 1. The lowest BCUT2D eigenvalue weighted by atomic mass is 9.96. The molecular formula is C18H23N3OS. The Morgan fingerprint density at radius 1 is 1.35 bits per heavy atom. The predicted octanol–water partition coefficient (Wildman–Crippen LogP) is 3.46. The molecule has 0 spiro atoms. The molecule has 0 saturated carbocycles. The predicted molar refractivity (Wildman–Crippen MR) is 94.6 cm³/mol. The first-order valence-electron chi connectivity index (χ1n) is 8.17. The Kier molecular flexibility index (Phi) is 4.78. The maximum atomic E-state index is 13.0. The van der Waals surface area contributed by atoms with E-state index in [2.05, 4.69) is 4.98 Å². The van der Waals surface area contributed by atoms with Gasteiger partial charge in [0.25, 0.3) is 5.91 Å². The lowest BCUT2D eigenvalue weighted by Crippen LogP contribution is -2.51. The molecule has 0 aliphatic carbocycles. The van der Waals surface area contributed by atoms with Crippen molar-refractivity contribution in [3.05, 3.63) is 40.9 Å². The molecule has 23 heavy (non-hydrogen) atoms. The van der Waals surface area contributed by atoms with Gasteiger partial charge in [-0.3, -0.25) is 4.79 Å². The Bertz CT molecular complexity index is 681. The summed E-state index contributed by atoms with van der Waals surface area (Å²) in [7, 11) is 0. The second-order valence-corrected chi connectivity index (χ2v) is 7.22. The fourth-order valence-corrected chi connectivity index (χ4v) is 4.21. The fraction of sp³-hybridized carbons (Fsp3) is 0.444. The molecule has 3 rings (SSSR count). The van der Waals surface area contributed by atoms with Gasteiger partial charge in [0, 0.05) is 24.2 Å². The molecule has 2 unspecified atom stereocenters. The van der Waals surface area contributed by atoms with Gasteiger partial charge in [-0.15, -0.1) is 11.3 Å². The average molecular weight is 329 g/mol. The van der Waals surface area contributed by atoms with E-state index in [0.29, 0.717) is 0 Å². The Hall–Kier alpha value is -1.72. The summed E-state index contributed by atoms with van der Waals surface area (Å²) >= 11 is 1.48. The molecule has 2 N–H and O–H groups in total. The number of carbonyl (C=O) groups is 1. The van der Waals surface area contributed by atoms with E-state index >= 15 is 0 Å². The quantitative estimate of drug-likeness (QED) is 0.938. The molecule has 0 bridgehead atoms. The molecule has 2 atom stereocenters. The van der Waals surface area contributed by atoms with E-state index < -0.39 is 0 Å². The van der Waals surface area contributed by atoms with Gasteiger partial charge < -0.3 is 10.6 Å². The summed E-state index contributed by atoms with van der Waals surface area (Å²) in [6.07, 6.45) is 3.19. The van der Waals surface area contributed by atoms with Crippen LogP contribution in [0.5, 0.6) is 0 Å². The number of benzene rings is 1. The van der Waals surface area contributed by atoms with Crippen LogP contribution in [0.2, 0.25) is 0 Å². The SMILES string of the molecule is Cc1nc(-c2ccccc2)sc1C(=O)N1CCCCC1C(C)N. The summed E-state index contributed by atoms with van der Waals surface area (Å²) in [4.78, 5) is 20.3. The highest BCUT2D eigenvalue weighted by Gasteiger charge is 2.31. The maximum absolute atomic E-state index is 13.0. The molecule has 0 radical (unpaired) electrons. The first-order valence-corrected chi connectivity index (χ1v) is 8.99. The normalized spacial score (nSPS) is 19.6. The van der Waals surface area contributed by atoms with E-state index in [4.69, 9.17) is 5.73 Å². The molecule has 1 aromatic carbocycles. The van der Waals surface area contributed by atoms with E-state index in [1.807, 2.05) is 49.1 Å². The first-order chi connectivity index (χ1) is 11.1. The van der Waals surface area contributed by atoms with Crippen molar-refractivity contribution >= 4 is 17.2 Å². The Balaban J connectivity index is 1.89. The number of carbonyl (C=O) groups excluding carboxylic acids is 1. The van der Waals surface area contributed by atoms with Crippen LogP contribution >= 0.6 is 11.3 Å². The third-order valence-corrected chi connectivity index (χ3v) is 5.62. The lowest BCUT2D eigenvalue weighted by molar-refractivity contribution is 0.0588. The van der Waals surface area contributed by atoms with E-state index in [0.717, 1.165) is 46.9 Å². The van der Waals surface area contributed by atoms with Gasteiger partial charge in [0.1, 0.15) is 9.88 Å². The van der Waals surface area contributed by atoms with Crippen LogP contribution in [-0.4, -0.2) is 34.4 Å². The number of likely N-dealkylation sites (tertiary alicyclic amines) is 1. The van der Waals surface area contributed by atoms with Crippen molar-refractivity contribution in [2.75, 3.05) is 6.54 Å². The molecule has 2 aromatic rings. The summed E-state index contributed by atoms with van der Waals surface area (Å²) in [6, 6.07) is 10.2. The van der Waals surface area contributed by atoms with Crippen LogP contribution in [0, 0.1) is 6.92 Å². The third kappa shape index (κ3) is 3.31. The monoisotopic (exact) mass is 329 g/mol. The summed E-state index contributed by atoms with van der Waals surface area (Å²) in [5, 5.41) is 0.904. The molecule has 5 heteroatoms. The van der Waals surface area contributed by atoms with Crippen molar-refractivity contribution in [1.82, 2.24) is 9.88 Å². The molecular weight excluding hydrogens is 306 g/mol. The average Bonchev–Trinajstić information content (AvgIpc) is 2.97. The van der Waals surface area contributed by atoms with Crippen LogP contribution in [0.4, 0.5) is 0 Å².